The second-order valence-corrected chi connectivity index (χ2v) is 4.93. The standard InChI is InChI=1S/C15H10ClF4NO/c16-11-5-2-6-12(14(11)17)21-13(22)8-9-3-1-4-10(7-9)15(18,19)20/h1-7H,8H2,(H,21,22). The van der Waals surface area contributed by atoms with Gasteiger partial charge >= 0.3 is 6.18 Å². The number of anilines is 1. The van der Waals surface area contributed by atoms with Crippen LogP contribution in [0.4, 0.5) is 23.2 Å². The highest BCUT2D eigenvalue weighted by Crippen LogP contribution is 2.29. The summed E-state index contributed by atoms with van der Waals surface area (Å²) in [6, 6.07) is 8.48. The molecular formula is C15H10ClF4NO. The fourth-order valence-electron chi connectivity index (χ4n) is 1.84. The van der Waals surface area contributed by atoms with E-state index in [2.05, 4.69) is 5.32 Å². The lowest BCUT2D eigenvalue weighted by Crippen LogP contribution is -2.16. The van der Waals surface area contributed by atoms with Crippen LogP contribution in [-0.4, -0.2) is 5.91 Å². The van der Waals surface area contributed by atoms with Crippen LogP contribution < -0.4 is 5.32 Å². The Balaban J connectivity index is 2.11. The number of rotatable bonds is 3. The molecule has 2 aromatic rings. The summed E-state index contributed by atoms with van der Waals surface area (Å²) in [6.07, 6.45) is -4.79. The summed E-state index contributed by atoms with van der Waals surface area (Å²) in [7, 11) is 0. The Hall–Kier alpha value is -2.08. The van der Waals surface area contributed by atoms with Gasteiger partial charge in [0.25, 0.3) is 0 Å². The van der Waals surface area contributed by atoms with E-state index in [4.69, 9.17) is 11.6 Å². The topological polar surface area (TPSA) is 29.1 Å². The second kappa shape index (κ2) is 6.36. The maximum atomic E-state index is 13.6. The molecule has 0 saturated carbocycles. The number of benzene rings is 2. The van der Waals surface area contributed by atoms with Crippen LogP contribution in [0.5, 0.6) is 0 Å². The van der Waals surface area contributed by atoms with E-state index in [1.54, 1.807) is 0 Å². The van der Waals surface area contributed by atoms with Gasteiger partial charge in [0.2, 0.25) is 5.91 Å². The first kappa shape index (κ1) is 16.3. The van der Waals surface area contributed by atoms with E-state index >= 15 is 0 Å². The van der Waals surface area contributed by atoms with Crippen LogP contribution in [0.2, 0.25) is 5.02 Å². The van der Waals surface area contributed by atoms with Crippen molar-refractivity contribution < 1.29 is 22.4 Å². The van der Waals surface area contributed by atoms with Crippen molar-refractivity contribution in [3.8, 4) is 0 Å². The Labute approximate surface area is 128 Å². The second-order valence-electron chi connectivity index (χ2n) is 4.52. The number of halogens is 5. The van der Waals surface area contributed by atoms with Crippen LogP contribution in [0.1, 0.15) is 11.1 Å². The van der Waals surface area contributed by atoms with Gasteiger partial charge in [0.1, 0.15) is 0 Å². The average Bonchev–Trinajstić information content (AvgIpc) is 2.43. The fourth-order valence-corrected chi connectivity index (χ4v) is 2.01. The van der Waals surface area contributed by atoms with Crippen molar-refractivity contribution in [1.29, 1.82) is 0 Å². The van der Waals surface area contributed by atoms with E-state index < -0.39 is 23.5 Å². The van der Waals surface area contributed by atoms with Crippen molar-refractivity contribution in [1.82, 2.24) is 0 Å². The zero-order valence-electron chi connectivity index (χ0n) is 11.0. The van der Waals surface area contributed by atoms with Crippen molar-refractivity contribution in [3.05, 3.63) is 64.4 Å². The monoisotopic (exact) mass is 331 g/mol. The Bertz CT molecular complexity index is 700. The molecule has 7 heteroatoms. The molecule has 0 aliphatic carbocycles. The summed E-state index contributed by atoms with van der Waals surface area (Å²) in [5, 5.41) is 2.12. The Kier molecular flexibility index (Phi) is 4.71. The lowest BCUT2D eigenvalue weighted by Gasteiger charge is -2.10. The minimum Gasteiger partial charge on any atom is -0.323 e. The predicted octanol–water partition coefficient (Wildman–Crippen LogP) is 4.68. The van der Waals surface area contributed by atoms with E-state index in [-0.39, 0.29) is 22.7 Å². The summed E-state index contributed by atoms with van der Waals surface area (Å²) in [6.45, 7) is 0. The third kappa shape index (κ3) is 3.98. The molecule has 0 aromatic heterocycles. The number of hydrogen-bond acceptors (Lipinski definition) is 1. The van der Waals surface area contributed by atoms with Crippen LogP contribution in [0.15, 0.2) is 42.5 Å². The maximum Gasteiger partial charge on any atom is 0.416 e. The SMILES string of the molecule is O=C(Cc1cccc(C(F)(F)F)c1)Nc1cccc(Cl)c1F. The van der Waals surface area contributed by atoms with E-state index in [0.717, 1.165) is 12.1 Å². The van der Waals surface area contributed by atoms with Gasteiger partial charge in [-0.15, -0.1) is 0 Å². The minimum atomic E-state index is -4.48. The fraction of sp³-hybridized carbons (Fsp3) is 0.133. The molecule has 2 rings (SSSR count). The van der Waals surface area contributed by atoms with Crippen molar-refractivity contribution in [2.24, 2.45) is 0 Å². The first-order valence-electron chi connectivity index (χ1n) is 6.17. The smallest absolute Gasteiger partial charge is 0.323 e. The van der Waals surface area contributed by atoms with Crippen LogP contribution >= 0.6 is 11.6 Å². The molecule has 22 heavy (non-hydrogen) atoms. The Morgan fingerprint density at radius 3 is 2.50 bits per heavy atom. The molecule has 0 radical (unpaired) electrons. The van der Waals surface area contributed by atoms with Crippen molar-refractivity contribution in [2.75, 3.05) is 5.32 Å². The minimum absolute atomic E-state index is 0.121. The van der Waals surface area contributed by atoms with Crippen molar-refractivity contribution in [3.63, 3.8) is 0 Å². The molecule has 2 nitrogen and oxygen atoms in total. The van der Waals surface area contributed by atoms with Gasteiger partial charge in [-0.3, -0.25) is 4.79 Å². The normalized spacial score (nSPS) is 11.3. The molecule has 0 spiro atoms. The molecule has 0 bridgehead atoms. The van der Waals surface area contributed by atoms with Crippen LogP contribution in [-0.2, 0) is 17.4 Å². The molecule has 2 aromatic carbocycles. The van der Waals surface area contributed by atoms with Crippen molar-refractivity contribution in [2.45, 2.75) is 12.6 Å². The summed E-state index contributed by atoms with van der Waals surface area (Å²) in [5.74, 6) is -1.43. The number of carbonyl (C=O) groups excluding carboxylic acids is 1. The molecule has 0 aliphatic rings. The number of hydrogen-bond donors (Lipinski definition) is 1. The molecule has 0 aliphatic heterocycles. The molecule has 116 valence electrons. The highest BCUT2D eigenvalue weighted by molar-refractivity contribution is 6.31. The van der Waals surface area contributed by atoms with Gasteiger partial charge in [0, 0.05) is 0 Å². The molecule has 0 heterocycles. The first-order valence-corrected chi connectivity index (χ1v) is 6.55. The Morgan fingerprint density at radius 2 is 1.82 bits per heavy atom. The van der Waals surface area contributed by atoms with E-state index in [1.165, 1.54) is 30.3 Å². The van der Waals surface area contributed by atoms with Gasteiger partial charge in [-0.25, -0.2) is 4.39 Å². The Morgan fingerprint density at radius 1 is 1.14 bits per heavy atom. The molecule has 0 fully saturated rings. The molecule has 1 amide bonds. The lowest BCUT2D eigenvalue weighted by atomic mass is 10.1. The zero-order chi connectivity index (χ0) is 16.3. The van der Waals surface area contributed by atoms with Gasteiger partial charge < -0.3 is 5.32 Å². The zero-order valence-corrected chi connectivity index (χ0v) is 11.8. The summed E-state index contributed by atoms with van der Waals surface area (Å²) in [5.41, 5.74) is -0.786. The quantitative estimate of drug-likeness (QED) is 0.813. The van der Waals surface area contributed by atoms with Crippen LogP contribution in [0.3, 0.4) is 0 Å². The largest absolute Gasteiger partial charge is 0.416 e. The maximum absolute atomic E-state index is 13.6. The lowest BCUT2D eigenvalue weighted by molar-refractivity contribution is -0.137. The van der Waals surface area contributed by atoms with E-state index in [1.807, 2.05) is 0 Å². The molecule has 0 saturated heterocycles. The summed E-state index contributed by atoms with van der Waals surface area (Å²) in [4.78, 5) is 11.8. The van der Waals surface area contributed by atoms with Crippen LogP contribution in [0.25, 0.3) is 0 Å². The third-order valence-electron chi connectivity index (χ3n) is 2.84. The van der Waals surface area contributed by atoms with E-state index in [9.17, 15) is 22.4 Å². The van der Waals surface area contributed by atoms with Crippen molar-refractivity contribution >= 4 is 23.2 Å². The van der Waals surface area contributed by atoms with Crippen LogP contribution in [0, 0.1) is 5.82 Å². The van der Waals surface area contributed by atoms with Gasteiger partial charge in [0.05, 0.1) is 22.7 Å². The number of carbonyl (C=O) groups is 1. The highest BCUT2D eigenvalue weighted by Gasteiger charge is 2.30. The summed E-state index contributed by atoms with van der Waals surface area (Å²) >= 11 is 5.58. The first-order chi connectivity index (χ1) is 10.3. The number of alkyl halides is 3. The van der Waals surface area contributed by atoms with Gasteiger partial charge in [-0.2, -0.15) is 13.2 Å². The molecule has 1 N–H and O–H groups in total. The van der Waals surface area contributed by atoms with E-state index in [0.29, 0.717) is 0 Å². The number of nitrogens with one attached hydrogen (secondary N) is 1. The molecule has 0 atom stereocenters. The van der Waals surface area contributed by atoms with Gasteiger partial charge in [0.15, 0.2) is 5.82 Å². The molecular weight excluding hydrogens is 322 g/mol. The average molecular weight is 332 g/mol. The summed E-state index contributed by atoms with van der Waals surface area (Å²) < 4.78 is 51.4. The molecule has 0 unspecified atom stereocenters. The van der Waals surface area contributed by atoms with Gasteiger partial charge in [-0.05, 0) is 23.8 Å². The highest BCUT2D eigenvalue weighted by atomic mass is 35.5. The number of amides is 1. The predicted molar refractivity (Wildman–Crippen MR) is 75.2 cm³/mol. The van der Waals surface area contributed by atoms with Gasteiger partial charge in [-0.1, -0.05) is 35.9 Å². The third-order valence-corrected chi connectivity index (χ3v) is 3.14.